The molecule has 0 heterocycles. The largest absolute Gasteiger partial charge is 0.465 e. The lowest BCUT2D eigenvalue weighted by molar-refractivity contribution is -0.165. The summed E-state index contributed by atoms with van der Waals surface area (Å²) in [4.78, 5) is 24.8. The summed E-state index contributed by atoms with van der Waals surface area (Å²) in [6.07, 6.45) is 9.39. The second-order valence-corrected chi connectivity index (χ2v) is 8.90. The molecule has 4 heteroatoms. The molecule has 0 spiro atoms. The monoisotopic (exact) mass is 368 g/mol. The van der Waals surface area contributed by atoms with Gasteiger partial charge in [-0.3, -0.25) is 9.59 Å². The summed E-state index contributed by atoms with van der Waals surface area (Å²) >= 11 is 0. The van der Waals surface area contributed by atoms with Crippen LogP contribution in [0, 0.1) is 17.8 Å². The van der Waals surface area contributed by atoms with Crippen LogP contribution in [-0.2, 0) is 19.1 Å². The Morgan fingerprint density at radius 3 is 2.31 bits per heavy atom. The maximum Gasteiger partial charge on any atom is 0.309 e. The van der Waals surface area contributed by atoms with E-state index in [0.29, 0.717) is 13.0 Å². The molecule has 0 radical (unpaired) electrons. The first kappa shape index (κ1) is 23.0. The first-order valence-electron chi connectivity index (χ1n) is 10.6. The zero-order valence-corrected chi connectivity index (χ0v) is 17.6. The summed E-state index contributed by atoms with van der Waals surface area (Å²) < 4.78 is 11.2. The third kappa shape index (κ3) is 9.05. The lowest BCUT2D eigenvalue weighted by Crippen LogP contribution is -2.35. The van der Waals surface area contributed by atoms with Gasteiger partial charge in [0.2, 0.25) is 0 Å². The van der Waals surface area contributed by atoms with Crippen molar-refractivity contribution in [1.82, 2.24) is 0 Å². The minimum Gasteiger partial charge on any atom is -0.465 e. The van der Waals surface area contributed by atoms with Crippen molar-refractivity contribution < 1.29 is 19.1 Å². The molecule has 0 amide bonds. The number of hydrogen-bond donors (Lipinski definition) is 0. The summed E-state index contributed by atoms with van der Waals surface area (Å²) in [5.41, 5.74) is -0.428. The van der Waals surface area contributed by atoms with E-state index in [9.17, 15) is 9.59 Å². The summed E-state index contributed by atoms with van der Waals surface area (Å²) in [6, 6.07) is 0. The molecule has 0 bridgehead atoms. The summed E-state index contributed by atoms with van der Waals surface area (Å²) in [5.74, 6) is 0.139. The highest BCUT2D eigenvalue weighted by Crippen LogP contribution is 2.32. The van der Waals surface area contributed by atoms with Gasteiger partial charge in [0.05, 0.1) is 18.4 Å². The first-order chi connectivity index (χ1) is 12.2. The van der Waals surface area contributed by atoms with E-state index < -0.39 is 5.60 Å². The number of rotatable bonds is 11. The normalized spacial score (nSPS) is 20.8. The molecule has 152 valence electrons. The van der Waals surface area contributed by atoms with Gasteiger partial charge in [0.15, 0.2) is 0 Å². The lowest BCUT2D eigenvalue weighted by Gasteiger charge is -2.31. The van der Waals surface area contributed by atoms with E-state index in [4.69, 9.17) is 9.47 Å². The van der Waals surface area contributed by atoms with Crippen molar-refractivity contribution >= 4 is 11.9 Å². The maximum absolute atomic E-state index is 12.6. The Morgan fingerprint density at radius 1 is 1.04 bits per heavy atom. The van der Waals surface area contributed by atoms with Gasteiger partial charge in [-0.1, -0.05) is 46.5 Å². The molecule has 1 aliphatic rings. The van der Waals surface area contributed by atoms with Crippen molar-refractivity contribution in [3.8, 4) is 0 Å². The fourth-order valence-electron chi connectivity index (χ4n) is 3.56. The molecule has 26 heavy (non-hydrogen) atoms. The van der Waals surface area contributed by atoms with Gasteiger partial charge in [0.25, 0.3) is 0 Å². The van der Waals surface area contributed by atoms with E-state index in [1.54, 1.807) is 0 Å². The van der Waals surface area contributed by atoms with Crippen molar-refractivity contribution in [2.45, 2.75) is 104 Å². The molecule has 1 rings (SSSR count). The minimum absolute atomic E-state index is 0.134. The molecule has 2 atom stereocenters. The van der Waals surface area contributed by atoms with E-state index in [-0.39, 0.29) is 23.8 Å². The molecule has 1 saturated carbocycles. The molecular weight excluding hydrogens is 328 g/mol. The molecule has 0 aromatic heterocycles. The predicted molar refractivity (Wildman–Crippen MR) is 105 cm³/mol. The van der Waals surface area contributed by atoms with Crippen molar-refractivity contribution in [2.24, 2.45) is 17.8 Å². The highest BCUT2D eigenvalue weighted by Gasteiger charge is 2.35. The number of carbonyl (C=O) groups excluding carboxylic acids is 2. The highest BCUT2D eigenvalue weighted by atomic mass is 16.6. The summed E-state index contributed by atoms with van der Waals surface area (Å²) in [5, 5.41) is 0. The van der Waals surface area contributed by atoms with Crippen LogP contribution >= 0.6 is 0 Å². The van der Waals surface area contributed by atoms with Crippen LogP contribution in [0.1, 0.15) is 98.8 Å². The fraction of sp³-hybridized carbons (Fsp3) is 0.909. The predicted octanol–water partition coefficient (Wildman–Crippen LogP) is 5.67. The molecule has 4 nitrogen and oxygen atoms in total. The number of unbranched alkanes of at least 4 members (excludes halogenated alkanes) is 2. The maximum atomic E-state index is 12.6. The molecule has 1 fully saturated rings. The van der Waals surface area contributed by atoms with Crippen LogP contribution in [0.15, 0.2) is 0 Å². The number of carbonyl (C=O) groups is 2. The number of esters is 2. The molecule has 0 N–H and O–H groups in total. The summed E-state index contributed by atoms with van der Waals surface area (Å²) in [6.45, 7) is 11.0. The molecule has 2 unspecified atom stereocenters. The third-order valence-corrected chi connectivity index (χ3v) is 5.27. The zero-order valence-electron chi connectivity index (χ0n) is 17.6. The minimum atomic E-state index is -0.428. The quantitative estimate of drug-likeness (QED) is 0.348. The van der Waals surface area contributed by atoms with E-state index in [1.807, 2.05) is 13.8 Å². The van der Waals surface area contributed by atoms with Gasteiger partial charge in [0.1, 0.15) is 5.60 Å². The van der Waals surface area contributed by atoms with Gasteiger partial charge in [-0.15, -0.1) is 0 Å². The van der Waals surface area contributed by atoms with Gasteiger partial charge >= 0.3 is 11.9 Å². The Hall–Kier alpha value is -1.06. The number of hydrogen-bond acceptors (Lipinski definition) is 4. The number of ether oxygens (including phenoxy) is 2. The smallest absolute Gasteiger partial charge is 0.309 e. The van der Waals surface area contributed by atoms with E-state index in [2.05, 4.69) is 20.8 Å². The van der Waals surface area contributed by atoms with Crippen molar-refractivity contribution in [3.63, 3.8) is 0 Å². The average molecular weight is 369 g/mol. The zero-order chi connectivity index (χ0) is 19.6. The van der Waals surface area contributed by atoms with Crippen LogP contribution in [-0.4, -0.2) is 24.1 Å². The topological polar surface area (TPSA) is 52.6 Å². The van der Waals surface area contributed by atoms with Crippen LogP contribution in [0.25, 0.3) is 0 Å². The van der Waals surface area contributed by atoms with Gasteiger partial charge in [0, 0.05) is 0 Å². The van der Waals surface area contributed by atoms with Gasteiger partial charge in [-0.25, -0.2) is 0 Å². The second-order valence-electron chi connectivity index (χ2n) is 8.90. The van der Waals surface area contributed by atoms with Crippen LogP contribution in [0.3, 0.4) is 0 Å². The molecule has 0 aliphatic heterocycles. The van der Waals surface area contributed by atoms with Gasteiger partial charge in [-0.2, -0.15) is 0 Å². The molecule has 0 saturated heterocycles. The molecule has 0 aromatic carbocycles. The Morgan fingerprint density at radius 2 is 1.69 bits per heavy atom. The first-order valence-corrected chi connectivity index (χ1v) is 10.6. The van der Waals surface area contributed by atoms with Crippen molar-refractivity contribution in [3.05, 3.63) is 0 Å². The average Bonchev–Trinajstić information content (AvgIpc) is 2.58. The highest BCUT2D eigenvalue weighted by molar-refractivity contribution is 5.76. The Kier molecular flexibility index (Phi) is 10.3. The van der Waals surface area contributed by atoms with Crippen molar-refractivity contribution in [2.75, 3.05) is 6.61 Å². The SMILES string of the molecule is CCCCOC(=O)C1CCCC(C(=O)OC(C)(C)CCCCC(C)C)C1. The van der Waals surface area contributed by atoms with E-state index in [1.165, 1.54) is 12.8 Å². The van der Waals surface area contributed by atoms with Gasteiger partial charge in [-0.05, 0) is 58.3 Å². The second kappa shape index (κ2) is 11.6. The molecule has 0 aromatic rings. The van der Waals surface area contributed by atoms with E-state index in [0.717, 1.165) is 50.9 Å². The van der Waals surface area contributed by atoms with Crippen LogP contribution in [0.4, 0.5) is 0 Å². The molecular formula is C22H40O4. The Labute approximate surface area is 160 Å². The van der Waals surface area contributed by atoms with E-state index >= 15 is 0 Å². The van der Waals surface area contributed by atoms with Crippen LogP contribution < -0.4 is 0 Å². The lowest BCUT2D eigenvalue weighted by atomic mass is 9.81. The van der Waals surface area contributed by atoms with Crippen LogP contribution in [0.5, 0.6) is 0 Å². The van der Waals surface area contributed by atoms with Crippen molar-refractivity contribution in [1.29, 1.82) is 0 Å². The third-order valence-electron chi connectivity index (χ3n) is 5.27. The Balaban J connectivity index is 2.41. The fourth-order valence-corrected chi connectivity index (χ4v) is 3.56. The molecule has 1 aliphatic carbocycles. The Bertz CT molecular complexity index is 428. The summed E-state index contributed by atoms with van der Waals surface area (Å²) in [7, 11) is 0. The standard InChI is InChI=1S/C22H40O4/c1-6-7-15-25-20(23)18-12-10-13-19(16-18)21(24)26-22(4,5)14-9-8-11-17(2)3/h17-19H,6-16H2,1-5H3. The van der Waals surface area contributed by atoms with Crippen LogP contribution in [0.2, 0.25) is 0 Å². The van der Waals surface area contributed by atoms with Gasteiger partial charge < -0.3 is 9.47 Å².